The Morgan fingerprint density at radius 1 is 1.27 bits per heavy atom. The van der Waals surface area contributed by atoms with Crippen LogP contribution in [-0.4, -0.2) is 20.6 Å². The number of para-hydroxylation sites is 1. The van der Waals surface area contributed by atoms with Gasteiger partial charge < -0.3 is 14.4 Å². The fourth-order valence-electron chi connectivity index (χ4n) is 3.75. The van der Waals surface area contributed by atoms with E-state index in [9.17, 15) is 14.7 Å². The summed E-state index contributed by atoms with van der Waals surface area (Å²) in [4.78, 5) is 29.7. The highest BCUT2D eigenvalue weighted by Crippen LogP contribution is 2.37. The van der Waals surface area contributed by atoms with Crippen LogP contribution in [0.1, 0.15) is 16.7 Å². The van der Waals surface area contributed by atoms with Crippen LogP contribution in [0.2, 0.25) is 0 Å². The third-order valence-electron chi connectivity index (χ3n) is 5.14. The first-order valence-corrected chi connectivity index (χ1v) is 8.22. The summed E-state index contributed by atoms with van der Waals surface area (Å²) in [6.45, 7) is 3.78. The third-order valence-corrected chi connectivity index (χ3v) is 5.14. The fourth-order valence-corrected chi connectivity index (χ4v) is 3.75. The molecule has 26 heavy (non-hydrogen) atoms. The summed E-state index contributed by atoms with van der Waals surface area (Å²) < 4.78 is 6.61. The van der Waals surface area contributed by atoms with Gasteiger partial charge in [-0.05, 0) is 24.3 Å². The van der Waals surface area contributed by atoms with Crippen molar-refractivity contribution in [1.82, 2.24) is 9.55 Å². The van der Waals surface area contributed by atoms with Crippen LogP contribution in [0.5, 0.6) is 0 Å². The lowest BCUT2D eigenvalue weighted by Crippen LogP contribution is -2.43. The lowest BCUT2D eigenvalue weighted by atomic mass is 9.88. The summed E-state index contributed by atoms with van der Waals surface area (Å²) >= 11 is 0. The Morgan fingerprint density at radius 3 is 2.88 bits per heavy atom. The highest BCUT2D eigenvalue weighted by Gasteiger charge is 2.44. The molecule has 0 spiro atoms. The number of carbonyl (C=O) groups is 1. The molecule has 2 aliphatic heterocycles. The molecule has 2 aliphatic rings. The number of hydrogen-bond donors (Lipinski definition) is 1. The molecule has 5 rings (SSSR count). The topological polar surface area (TPSA) is 81.4 Å². The third kappa shape index (κ3) is 1.76. The van der Waals surface area contributed by atoms with E-state index in [1.807, 2.05) is 30.3 Å². The van der Waals surface area contributed by atoms with E-state index in [1.54, 1.807) is 10.6 Å². The number of nitrogens with zero attached hydrogens (tertiary/aromatic N) is 2. The maximum Gasteiger partial charge on any atom is 0.347 e. The number of benzene rings is 1. The van der Waals surface area contributed by atoms with Gasteiger partial charge in [0.05, 0.1) is 29.0 Å². The van der Waals surface area contributed by atoms with Crippen molar-refractivity contribution < 1.29 is 14.6 Å². The predicted molar refractivity (Wildman–Crippen MR) is 94.4 cm³/mol. The Kier molecular flexibility index (Phi) is 2.83. The number of carbonyl (C=O) groups excluding carboxylic acids is 1. The maximum atomic E-state index is 13.0. The first kappa shape index (κ1) is 15.0. The van der Waals surface area contributed by atoms with Crippen LogP contribution in [0.25, 0.3) is 22.3 Å². The number of aromatic nitrogens is 2. The van der Waals surface area contributed by atoms with E-state index >= 15 is 0 Å². The number of pyridine rings is 2. The van der Waals surface area contributed by atoms with Crippen molar-refractivity contribution in [2.75, 3.05) is 0 Å². The van der Waals surface area contributed by atoms with Crippen LogP contribution < -0.4 is 5.56 Å². The van der Waals surface area contributed by atoms with E-state index < -0.39 is 11.6 Å². The molecule has 0 aliphatic carbocycles. The SMILES string of the molecule is C=C[C@@]1(O)C(=O)OCc2c1cc1n(c2=O)Cc2cc3ccccc3nc2-1. The zero-order valence-electron chi connectivity index (χ0n) is 13.7. The second-order valence-corrected chi connectivity index (χ2v) is 6.55. The molecule has 0 saturated heterocycles. The van der Waals surface area contributed by atoms with Gasteiger partial charge in [-0.1, -0.05) is 24.8 Å². The molecule has 4 heterocycles. The molecule has 0 fully saturated rings. The number of aliphatic hydroxyl groups is 1. The summed E-state index contributed by atoms with van der Waals surface area (Å²) in [5.74, 6) is -0.825. The van der Waals surface area contributed by atoms with Gasteiger partial charge in [0.15, 0.2) is 0 Å². The van der Waals surface area contributed by atoms with E-state index in [0.29, 0.717) is 17.9 Å². The summed E-state index contributed by atoms with van der Waals surface area (Å²) in [6, 6.07) is 11.4. The van der Waals surface area contributed by atoms with Crippen molar-refractivity contribution >= 4 is 16.9 Å². The molecule has 2 aromatic heterocycles. The number of rotatable bonds is 1. The average molecular weight is 346 g/mol. The molecular weight excluding hydrogens is 332 g/mol. The molecule has 128 valence electrons. The van der Waals surface area contributed by atoms with Crippen LogP contribution in [0.4, 0.5) is 0 Å². The van der Waals surface area contributed by atoms with E-state index in [4.69, 9.17) is 9.72 Å². The largest absolute Gasteiger partial charge is 0.458 e. The van der Waals surface area contributed by atoms with Crippen LogP contribution >= 0.6 is 0 Å². The Balaban J connectivity index is 1.83. The van der Waals surface area contributed by atoms with Gasteiger partial charge in [0, 0.05) is 16.5 Å². The zero-order chi connectivity index (χ0) is 18.1. The summed E-state index contributed by atoms with van der Waals surface area (Å²) in [6.07, 6.45) is 1.10. The summed E-state index contributed by atoms with van der Waals surface area (Å²) in [7, 11) is 0. The van der Waals surface area contributed by atoms with Gasteiger partial charge in [-0.15, -0.1) is 0 Å². The van der Waals surface area contributed by atoms with Gasteiger partial charge in [0.25, 0.3) is 5.56 Å². The van der Waals surface area contributed by atoms with Crippen LogP contribution in [0, 0.1) is 0 Å². The quantitative estimate of drug-likeness (QED) is 0.420. The first-order valence-electron chi connectivity index (χ1n) is 8.22. The number of fused-ring (bicyclic) bond motifs is 5. The maximum absolute atomic E-state index is 13.0. The molecule has 0 bridgehead atoms. The lowest BCUT2D eigenvalue weighted by Gasteiger charge is -2.30. The van der Waals surface area contributed by atoms with Crippen molar-refractivity contribution in [2.24, 2.45) is 0 Å². The van der Waals surface area contributed by atoms with E-state index in [0.717, 1.165) is 22.5 Å². The van der Waals surface area contributed by atoms with Crippen LogP contribution in [-0.2, 0) is 28.3 Å². The highest BCUT2D eigenvalue weighted by molar-refractivity contribution is 5.87. The number of esters is 1. The number of cyclic esters (lactones) is 1. The Labute approximate surface area is 148 Å². The van der Waals surface area contributed by atoms with E-state index in [-0.39, 0.29) is 23.3 Å². The minimum Gasteiger partial charge on any atom is -0.458 e. The smallest absolute Gasteiger partial charge is 0.347 e. The van der Waals surface area contributed by atoms with Gasteiger partial charge in [0.2, 0.25) is 5.60 Å². The highest BCUT2D eigenvalue weighted by atomic mass is 16.6. The van der Waals surface area contributed by atoms with E-state index in [2.05, 4.69) is 6.58 Å². The predicted octanol–water partition coefficient (Wildman–Crippen LogP) is 1.86. The van der Waals surface area contributed by atoms with Crippen molar-refractivity contribution in [1.29, 1.82) is 0 Å². The van der Waals surface area contributed by atoms with Crippen molar-refractivity contribution in [3.63, 3.8) is 0 Å². The second-order valence-electron chi connectivity index (χ2n) is 6.55. The summed E-state index contributed by atoms with van der Waals surface area (Å²) in [5.41, 5.74) is 1.21. The minimum atomic E-state index is -2.03. The van der Waals surface area contributed by atoms with Crippen LogP contribution in [0.3, 0.4) is 0 Å². The molecule has 0 saturated carbocycles. The molecule has 0 amide bonds. The van der Waals surface area contributed by atoms with Crippen LogP contribution in [0.15, 0.2) is 53.8 Å². The molecule has 1 aromatic carbocycles. The van der Waals surface area contributed by atoms with Crippen molar-refractivity contribution in [2.45, 2.75) is 18.8 Å². The Morgan fingerprint density at radius 2 is 2.08 bits per heavy atom. The first-order chi connectivity index (χ1) is 12.5. The standard InChI is InChI=1S/C20H14N2O4/c1-2-20(25)14-8-16-17-12(7-11-5-3-4-6-15(11)21-17)9-22(16)18(23)13(14)10-26-19(20)24/h2-8,25H,1,9-10H2/t20-/m0/s1. The molecule has 6 nitrogen and oxygen atoms in total. The van der Waals surface area contributed by atoms with E-state index in [1.165, 1.54) is 0 Å². The fraction of sp³-hybridized carbons (Fsp3) is 0.150. The minimum absolute atomic E-state index is 0.158. The number of hydrogen-bond acceptors (Lipinski definition) is 5. The average Bonchev–Trinajstić information content (AvgIpc) is 3.01. The molecule has 0 radical (unpaired) electrons. The Hall–Kier alpha value is -3.25. The lowest BCUT2D eigenvalue weighted by molar-refractivity contribution is -0.165. The number of ether oxygens (including phenoxy) is 1. The van der Waals surface area contributed by atoms with Gasteiger partial charge in [-0.2, -0.15) is 0 Å². The molecule has 6 heteroatoms. The summed E-state index contributed by atoms with van der Waals surface area (Å²) in [5, 5.41) is 11.7. The normalized spacial score (nSPS) is 20.3. The Bertz CT molecular complexity index is 1190. The van der Waals surface area contributed by atoms with Crippen molar-refractivity contribution in [3.8, 4) is 11.4 Å². The van der Waals surface area contributed by atoms with Gasteiger partial charge in [0.1, 0.15) is 6.61 Å². The second kappa shape index (κ2) is 4.89. The monoisotopic (exact) mass is 346 g/mol. The van der Waals surface area contributed by atoms with Gasteiger partial charge in [-0.25, -0.2) is 9.78 Å². The molecule has 1 atom stereocenters. The molecule has 3 aromatic rings. The molecule has 0 unspecified atom stereocenters. The van der Waals surface area contributed by atoms with Crippen molar-refractivity contribution in [3.05, 3.63) is 76.1 Å². The zero-order valence-corrected chi connectivity index (χ0v) is 13.7. The van der Waals surface area contributed by atoms with Gasteiger partial charge >= 0.3 is 5.97 Å². The molecular formula is C20H14N2O4. The van der Waals surface area contributed by atoms with Gasteiger partial charge in [-0.3, -0.25) is 4.79 Å². The molecule has 1 N–H and O–H groups in total.